The van der Waals surface area contributed by atoms with Gasteiger partial charge in [0.1, 0.15) is 24.0 Å². The lowest BCUT2D eigenvalue weighted by Gasteiger charge is -2.10. The summed E-state index contributed by atoms with van der Waals surface area (Å²) >= 11 is 0. The molecule has 0 unspecified atom stereocenters. The molecular weight excluding hydrogens is 404 g/mol. The second-order valence-corrected chi connectivity index (χ2v) is 7.00. The van der Waals surface area contributed by atoms with Gasteiger partial charge in [-0.15, -0.1) is 0 Å². The number of hydrogen-bond acceptors (Lipinski definition) is 5. The zero-order chi connectivity index (χ0) is 22.9. The number of anilines is 1. The Kier molecular flexibility index (Phi) is 7.39. The number of nitrogens with zero attached hydrogens (tertiary/aromatic N) is 1. The minimum Gasteiger partial charge on any atom is -0.488 e. The van der Waals surface area contributed by atoms with Crippen LogP contribution in [0.4, 0.5) is 5.69 Å². The minimum atomic E-state index is -0.563. The van der Waals surface area contributed by atoms with Crippen LogP contribution in [-0.4, -0.2) is 19.0 Å². The summed E-state index contributed by atoms with van der Waals surface area (Å²) in [6.45, 7) is 2.39. The second-order valence-electron chi connectivity index (χ2n) is 7.00. The van der Waals surface area contributed by atoms with Crippen LogP contribution in [0.25, 0.3) is 6.08 Å². The van der Waals surface area contributed by atoms with Crippen molar-refractivity contribution >= 4 is 23.6 Å². The van der Waals surface area contributed by atoms with Gasteiger partial charge in [-0.25, -0.2) is 4.79 Å². The number of methoxy groups -OCH3 is 1. The number of benzene rings is 3. The molecule has 0 atom stereocenters. The van der Waals surface area contributed by atoms with Crippen molar-refractivity contribution in [2.75, 3.05) is 12.4 Å². The lowest BCUT2D eigenvalue weighted by atomic mass is 10.1. The number of nitriles is 1. The Balaban J connectivity index is 1.74. The van der Waals surface area contributed by atoms with Gasteiger partial charge in [0.05, 0.1) is 12.7 Å². The number of rotatable bonds is 7. The number of carbonyl (C=O) groups excluding carboxylic acids is 2. The Morgan fingerprint density at radius 2 is 1.69 bits per heavy atom. The van der Waals surface area contributed by atoms with Crippen molar-refractivity contribution < 1.29 is 19.1 Å². The lowest BCUT2D eigenvalue weighted by molar-refractivity contribution is -0.112. The summed E-state index contributed by atoms with van der Waals surface area (Å²) in [6, 6.07) is 23.4. The molecule has 6 nitrogen and oxygen atoms in total. The van der Waals surface area contributed by atoms with E-state index in [4.69, 9.17) is 4.74 Å². The fraction of sp³-hybridized carbons (Fsp3) is 0.115. The van der Waals surface area contributed by atoms with E-state index in [-0.39, 0.29) is 5.57 Å². The first-order chi connectivity index (χ1) is 15.5. The van der Waals surface area contributed by atoms with E-state index in [1.807, 2.05) is 49.4 Å². The van der Waals surface area contributed by atoms with Gasteiger partial charge >= 0.3 is 5.97 Å². The van der Waals surface area contributed by atoms with Crippen molar-refractivity contribution in [2.45, 2.75) is 13.5 Å². The van der Waals surface area contributed by atoms with Crippen molar-refractivity contribution in [1.29, 1.82) is 5.26 Å². The molecule has 0 aromatic heterocycles. The molecule has 160 valence electrons. The summed E-state index contributed by atoms with van der Waals surface area (Å²) in [6.07, 6.45) is 1.49. The molecule has 0 fully saturated rings. The van der Waals surface area contributed by atoms with Gasteiger partial charge in [0.25, 0.3) is 5.91 Å². The van der Waals surface area contributed by atoms with Crippen molar-refractivity contribution in [3.8, 4) is 11.8 Å². The van der Waals surface area contributed by atoms with E-state index < -0.39 is 11.9 Å². The number of hydrogen-bond donors (Lipinski definition) is 1. The van der Waals surface area contributed by atoms with E-state index in [1.165, 1.54) is 30.9 Å². The van der Waals surface area contributed by atoms with Crippen LogP contribution in [0.1, 0.15) is 27.0 Å². The van der Waals surface area contributed by atoms with Gasteiger partial charge in [0.2, 0.25) is 0 Å². The zero-order valence-corrected chi connectivity index (χ0v) is 17.8. The highest BCUT2D eigenvalue weighted by Gasteiger charge is 2.12. The quantitative estimate of drug-likeness (QED) is 0.330. The molecule has 3 rings (SSSR count). The first-order valence-electron chi connectivity index (χ1n) is 9.89. The Morgan fingerprint density at radius 1 is 1.00 bits per heavy atom. The summed E-state index contributed by atoms with van der Waals surface area (Å²) in [5.41, 5.74) is 3.54. The molecule has 3 aromatic carbocycles. The Labute approximate surface area is 186 Å². The van der Waals surface area contributed by atoms with Crippen LogP contribution < -0.4 is 10.1 Å². The molecule has 0 saturated heterocycles. The molecule has 0 bridgehead atoms. The van der Waals surface area contributed by atoms with E-state index in [1.54, 1.807) is 24.3 Å². The summed E-state index contributed by atoms with van der Waals surface area (Å²) in [7, 11) is 1.30. The third-order valence-electron chi connectivity index (χ3n) is 4.66. The van der Waals surface area contributed by atoms with Gasteiger partial charge in [0, 0.05) is 11.3 Å². The fourth-order valence-corrected chi connectivity index (χ4v) is 2.89. The topological polar surface area (TPSA) is 88.4 Å². The van der Waals surface area contributed by atoms with Gasteiger partial charge in [-0.05, 0) is 48.9 Å². The van der Waals surface area contributed by atoms with Crippen molar-refractivity contribution in [3.63, 3.8) is 0 Å². The molecule has 3 aromatic rings. The lowest BCUT2D eigenvalue weighted by Crippen LogP contribution is -2.13. The molecule has 1 N–H and O–H groups in total. The van der Waals surface area contributed by atoms with Crippen molar-refractivity contribution in [2.24, 2.45) is 0 Å². The maximum atomic E-state index is 12.6. The van der Waals surface area contributed by atoms with E-state index in [2.05, 4.69) is 10.1 Å². The maximum absolute atomic E-state index is 12.6. The molecule has 0 aliphatic heterocycles. The van der Waals surface area contributed by atoms with Crippen LogP contribution in [0.15, 0.2) is 78.4 Å². The van der Waals surface area contributed by atoms with E-state index in [0.29, 0.717) is 29.2 Å². The van der Waals surface area contributed by atoms with Crippen LogP contribution in [-0.2, 0) is 16.1 Å². The van der Waals surface area contributed by atoms with E-state index in [0.717, 1.165) is 5.56 Å². The molecule has 1 amide bonds. The van der Waals surface area contributed by atoms with Gasteiger partial charge in [-0.2, -0.15) is 5.26 Å². The van der Waals surface area contributed by atoms with Crippen LogP contribution in [0.2, 0.25) is 0 Å². The Bertz CT molecular complexity index is 1170. The number of ether oxygens (including phenoxy) is 2. The number of nitrogens with one attached hydrogen (secondary N) is 1. The molecule has 0 radical (unpaired) electrons. The normalized spacial score (nSPS) is 10.7. The number of esters is 1. The molecule has 32 heavy (non-hydrogen) atoms. The van der Waals surface area contributed by atoms with Crippen LogP contribution >= 0.6 is 0 Å². The number of amides is 1. The fourth-order valence-electron chi connectivity index (χ4n) is 2.89. The highest BCUT2D eigenvalue weighted by atomic mass is 16.5. The van der Waals surface area contributed by atoms with E-state index in [9.17, 15) is 14.9 Å². The smallest absolute Gasteiger partial charge is 0.337 e. The predicted octanol–water partition coefficient (Wildman–Crippen LogP) is 4.91. The summed E-state index contributed by atoms with van der Waals surface area (Å²) in [4.78, 5) is 24.1. The molecular formula is C26H22N2O4. The highest BCUT2D eigenvalue weighted by molar-refractivity contribution is 6.10. The number of para-hydroxylation sites is 1. The van der Waals surface area contributed by atoms with Gasteiger partial charge in [0.15, 0.2) is 0 Å². The Morgan fingerprint density at radius 3 is 2.34 bits per heavy atom. The van der Waals surface area contributed by atoms with Crippen LogP contribution in [0.5, 0.6) is 5.75 Å². The summed E-state index contributed by atoms with van der Waals surface area (Å²) in [5, 5.41) is 12.2. The van der Waals surface area contributed by atoms with Gasteiger partial charge < -0.3 is 14.8 Å². The third-order valence-corrected chi connectivity index (χ3v) is 4.66. The second kappa shape index (κ2) is 10.6. The largest absolute Gasteiger partial charge is 0.488 e. The van der Waals surface area contributed by atoms with Crippen molar-refractivity contribution in [3.05, 3.63) is 101 Å². The average molecular weight is 426 g/mol. The van der Waals surface area contributed by atoms with Crippen LogP contribution in [0, 0.1) is 18.3 Å². The zero-order valence-electron chi connectivity index (χ0n) is 17.8. The minimum absolute atomic E-state index is 0.0755. The summed E-state index contributed by atoms with van der Waals surface area (Å²) in [5.74, 6) is -0.467. The van der Waals surface area contributed by atoms with Gasteiger partial charge in [-0.1, -0.05) is 48.0 Å². The van der Waals surface area contributed by atoms with Crippen LogP contribution in [0.3, 0.4) is 0 Å². The molecule has 0 aliphatic carbocycles. The SMILES string of the molecule is COC(=O)c1ccc(NC(=O)/C(C#N)=C/c2ccccc2OCc2ccc(C)cc2)cc1. The third kappa shape index (κ3) is 5.83. The number of aryl methyl sites for hydroxylation is 1. The molecule has 0 heterocycles. The van der Waals surface area contributed by atoms with E-state index >= 15 is 0 Å². The standard InChI is InChI=1S/C26H22N2O4/c1-18-7-9-19(10-8-18)17-32-24-6-4-3-5-21(24)15-22(16-27)25(29)28-23-13-11-20(12-14-23)26(30)31-2/h3-15H,17H2,1-2H3,(H,28,29)/b22-15+. The number of carbonyl (C=O) groups is 2. The maximum Gasteiger partial charge on any atom is 0.337 e. The summed E-state index contributed by atoms with van der Waals surface area (Å²) < 4.78 is 10.6. The monoisotopic (exact) mass is 426 g/mol. The molecule has 0 saturated carbocycles. The predicted molar refractivity (Wildman–Crippen MR) is 122 cm³/mol. The first-order valence-corrected chi connectivity index (χ1v) is 9.89. The molecule has 0 aliphatic rings. The van der Waals surface area contributed by atoms with Crippen molar-refractivity contribution in [1.82, 2.24) is 0 Å². The van der Waals surface area contributed by atoms with Gasteiger partial charge in [-0.3, -0.25) is 4.79 Å². The first kappa shape index (κ1) is 22.3. The molecule has 6 heteroatoms. The highest BCUT2D eigenvalue weighted by Crippen LogP contribution is 2.23. The molecule has 0 spiro atoms. The Hall–Kier alpha value is -4.37. The average Bonchev–Trinajstić information content (AvgIpc) is 2.82.